The van der Waals surface area contributed by atoms with E-state index in [4.69, 9.17) is 11.6 Å². The van der Waals surface area contributed by atoms with Gasteiger partial charge in [-0.25, -0.2) is 10.5 Å². The number of hydrogen-bond acceptors (Lipinski definition) is 5. The minimum Gasteiger partial charge on any atom is -0.245 e. The molecule has 3 rings (SSSR count). The van der Waals surface area contributed by atoms with E-state index in [-0.39, 0.29) is 0 Å². The average Bonchev–Trinajstić information content (AvgIpc) is 3.08. The number of hydrazone groups is 1. The van der Waals surface area contributed by atoms with Gasteiger partial charge in [-0.2, -0.15) is 10.1 Å². The number of aromatic amines is 1. The number of halogens is 1. The van der Waals surface area contributed by atoms with Crippen LogP contribution in [0.3, 0.4) is 0 Å². The Balaban J connectivity index is 1.56. The number of thioether (sulfide) groups is 1. The van der Waals surface area contributed by atoms with Crippen molar-refractivity contribution in [2.45, 2.75) is 17.8 Å². The number of anilines is 1. The van der Waals surface area contributed by atoms with E-state index in [9.17, 15) is 0 Å². The first kappa shape index (κ1) is 16.5. The molecule has 0 spiro atoms. The van der Waals surface area contributed by atoms with Crippen LogP contribution in [0.1, 0.15) is 18.1 Å². The van der Waals surface area contributed by atoms with Crippen LogP contribution in [0.4, 0.5) is 5.95 Å². The van der Waals surface area contributed by atoms with Crippen molar-refractivity contribution in [2.24, 2.45) is 5.10 Å². The summed E-state index contributed by atoms with van der Waals surface area (Å²) in [5.41, 5.74) is 6.00. The van der Waals surface area contributed by atoms with Crippen LogP contribution in [0.25, 0.3) is 0 Å². The molecule has 0 aliphatic rings. The van der Waals surface area contributed by atoms with Gasteiger partial charge in [0.2, 0.25) is 11.1 Å². The molecule has 0 saturated carbocycles. The van der Waals surface area contributed by atoms with Crippen LogP contribution >= 0.6 is 23.4 Å². The smallest absolute Gasteiger partial charge is 0.240 e. The van der Waals surface area contributed by atoms with E-state index in [0.29, 0.717) is 11.1 Å². The first-order valence-corrected chi connectivity index (χ1v) is 8.72. The number of nitrogens with zero attached hydrogens (tertiary/aromatic N) is 3. The highest BCUT2D eigenvalue weighted by Crippen LogP contribution is 2.21. The number of aromatic nitrogens is 3. The van der Waals surface area contributed by atoms with Crippen molar-refractivity contribution in [2.75, 3.05) is 5.43 Å². The van der Waals surface area contributed by atoms with Crippen LogP contribution in [0.15, 0.2) is 64.9 Å². The zero-order valence-electron chi connectivity index (χ0n) is 13.0. The number of rotatable bonds is 6. The van der Waals surface area contributed by atoms with E-state index in [0.717, 1.165) is 22.1 Å². The van der Waals surface area contributed by atoms with E-state index in [2.05, 4.69) is 25.7 Å². The van der Waals surface area contributed by atoms with Crippen molar-refractivity contribution >= 4 is 35.0 Å². The summed E-state index contributed by atoms with van der Waals surface area (Å²) in [6.45, 7) is 1.94. The Hall–Kier alpha value is -2.31. The molecule has 0 radical (unpaired) electrons. The molecule has 0 aliphatic heterocycles. The fourth-order valence-corrected chi connectivity index (χ4v) is 2.85. The van der Waals surface area contributed by atoms with Crippen LogP contribution in [0.2, 0.25) is 5.02 Å². The molecule has 0 bridgehead atoms. The molecule has 2 N–H and O–H groups in total. The molecule has 0 atom stereocenters. The van der Waals surface area contributed by atoms with Crippen molar-refractivity contribution in [3.05, 3.63) is 70.7 Å². The molecule has 0 unspecified atom stereocenters. The van der Waals surface area contributed by atoms with Crippen LogP contribution in [0, 0.1) is 0 Å². The van der Waals surface area contributed by atoms with Gasteiger partial charge in [0.1, 0.15) is 0 Å². The van der Waals surface area contributed by atoms with Gasteiger partial charge in [-0.05, 0) is 30.2 Å². The lowest BCUT2D eigenvalue weighted by atomic mass is 10.1. The zero-order chi connectivity index (χ0) is 16.8. The molecule has 1 aromatic heterocycles. The maximum atomic E-state index is 5.88. The molecule has 2 aromatic carbocycles. The van der Waals surface area contributed by atoms with E-state index in [1.165, 1.54) is 5.56 Å². The van der Waals surface area contributed by atoms with Gasteiger partial charge in [0.05, 0.1) is 5.71 Å². The molecule has 122 valence electrons. The van der Waals surface area contributed by atoms with E-state index < -0.39 is 0 Å². The Morgan fingerprint density at radius 2 is 1.92 bits per heavy atom. The fourth-order valence-electron chi connectivity index (χ4n) is 1.97. The van der Waals surface area contributed by atoms with Crippen LogP contribution in [0.5, 0.6) is 0 Å². The van der Waals surface area contributed by atoms with Gasteiger partial charge >= 0.3 is 0 Å². The largest absolute Gasteiger partial charge is 0.245 e. The van der Waals surface area contributed by atoms with Crippen LogP contribution in [-0.4, -0.2) is 20.9 Å². The van der Waals surface area contributed by atoms with Gasteiger partial charge in [-0.3, -0.25) is 0 Å². The molecule has 0 fully saturated rings. The van der Waals surface area contributed by atoms with Gasteiger partial charge in [0.25, 0.3) is 0 Å². The molecule has 1 heterocycles. The second-order valence-corrected chi connectivity index (χ2v) is 6.44. The Labute approximate surface area is 149 Å². The molecule has 0 saturated heterocycles. The zero-order valence-corrected chi connectivity index (χ0v) is 14.6. The lowest BCUT2D eigenvalue weighted by molar-refractivity contribution is 0.972. The summed E-state index contributed by atoms with van der Waals surface area (Å²) in [5, 5.41) is 12.7. The maximum Gasteiger partial charge on any atom is 0.240 e. The highest BCUT2D eigenvalue weighted by molar-refractivity contribution is 7.98. The van der Waals surface area contributed by atoms with Crippen molar-refractivity contribution < 1.29 is 0 Å². The van der Waals surface area contributed by atoms with Crippen molar-refractivity contribution in [3.8, 4) is 0 Å². The lowest BCUT2D eigenvalue weighted by Gasteiger charge is -2.00. The fraction of sp³-hybridized carbons (Fsp3) is 0.118. The van der Waals surface area contributed by atoms with Crippen LogP contribution in [-0.2, 0) is 5.75 Å². The average molecular weight is 358 g/mol. The summed E-state index contributed by atoms with van der Waals surface area (Å²) in [6, 6.07) is 17.7. The molecule has 7 heteroatoms. The predicted octanol–water partition coefficient (Wildman–Crippen LogP) is 4.59. The topological polar surface area (TPSA) is 66.0 Å². The van der Waals surface area contributed by atoms with Gasteiger partial charge in [0, 0.05) is 10.8 Å². The normalized spacial score (nSPS) is 11.5. The Bertz CT molecular complexity index is 815. The van der Waals surface area contributed by atoms with Gasteiger partial charge < -0.3 is 0 Å². The summed E-state index contributed by atoms with van der Waals surface area (Å²) in [5.74, 6) is 1.30. The van der Waals surface area contributed by atoms with E-state index in [1.54, 1.807) is 11.8 Å². The highest BCUT2D eigenvalue weighted by Gasteiger charge is 2.04. The quantitative estimate of drug-likeness (QED) is 0.385. The van der Waals surface area contributed by atoms with Crippen molar-refractivity contribution in [3.63, 3.8) is 0 Å². The SMILES string of the molecule is C/C(=N\Nc1nc(SCc2ccc(Cl)cc2)n[nH]1)c1ccccc1. The van der Waals surface area contributed by atoms with Crippen molar-refractivity contribution in [1.82, 2.24) is 15.2 Å². The summed E-state index contributed by atoms with van der Waals surface area (Å²) in [4.78, 5) is 4.36. The summed E-state index contributed by atoms with van der Waals surface area (Å²) < 4.78 is 0. The molecular weight excluding hydrogens is 342 g/mol. The van der Waals surface area contributed by atoms with Crippen LogP contribution < -0.4 is 5.43 Å². The maximum absolute atomic E-state index is 5.88. The third-order valence-corrected chi connectivity index (χ3v) is 4.44. The molecule has 24 heavy (non-hydrogen) atoms. The summed E-state index contributed by atoms with van der Waals surface area (Å²) >= 11 is 7.43. The van der Waals surface area contributed by atoms with E-state index >= 15 is 0 Å². The minimum absolute atomic E-state index is 0.517. The Morgan fingerprint density at radius 3 is 2.67 bits per heavy atom. The molecule has 0 aliphatic carbocycles. The monoisotopic (exact) mass is 357 g/mol. The first-order chi connectivity index (χ1) is 11.7. The molecular formula is C17H16ClN5S. The second kappa shape index (κ2) is 7.99. The molecule has 3 aromatic rings. The standard InChI is InChI=1S/C17H16ClN5S/c1-12(14-5-3-2-4-6-14)20-21-16-19-17(23-22-16)24-11-13-7-9-15(18)10-8-13/h2-10H,11H2,1H3,(H2,19,21,22,23)/b20-12+. The third-order valence-electron chi connectivity index (χ3n) is 3.27. The lowest BCUT2D eigenvalue weighted by Crippen LogP contribution is -2.00. The first-order valence-electron chi connectivity index (χ1n) is 7.36. The number of nitrogens with one attached hydrogen (secondary N) is 2. The summed E-state index contributed by atoms with van der Waals surface area (Å²) in [7, 11) is 0. The molecule has 0 amide bonds. The molecule has 5 nitrogen and oxygen atoms in total. The minimum atomic E-state index is 0.517. The number of H-pyrrole nitrogens is 1. The number of hydrogen-bond donors (Lipinski definition) is 2. The Kier molecular flexibility index (Phi) is 5.51. The second-order valence-electron chi connectivity index (χ2n) is 5.06. The number of benzene rings is 2. The van der Waals surface area contributed by atoms with Gasteiger partial charge in [-0.15, -0.1) is 5.10 Å². The van der Waals surface area contributed by atoms with Crippen molar-refractivity contribution in [1.29, 1.82) is 0 Å². The highest BCUT2D eigenvalue weighted by atomic mass is 35.5. The van der Waals surface area contributed by atoms with Gasteiger partial charge in [0.15, 0.2) is 0 Å². The third kappa shape index (κ3) is 4.59. The van der Waals surface area contributed by atoms with E-state index in [1.807, 2.05) is 61.5 Å². The predicted molar refractivity (Wildman–Crippen MR) is 99.7 cm³/mol. The van der Waals surface area contributed by atoms with Gasteiger partial charge in [-0.1, -0.05) is 65.8 Å². The summed E-state index contributed by atoms with van der Waals surface area (Å²) in [6.07, 6.45) is 0. The Morgan fingerprint density at radius 1 is 1.17 bits per heavy atom.